The van der Waals surface area contributed by atoms with E-state index in [4.69, 9.17) is 19.5 Å². The van der Waals surface area contributed by atoms with Gasteiger partial charge in [-0.1, -0.05) is 110 Å². The van der Waals surface area contributed by atoms with Gasteiger partial charge in [0.1, 0.15) is 36.3 Å². The van der Waals surface area contributed by atoms with Crippen molar-refractivity contribution in [3.8, 4) is 0 Å². The van der Waals surface area contributed by atoms with Crippen LogP contribution in [-0.2, 0) is 50.7 Å². The number of fused-ring (bicyclic) bond motifs is 1. The van der Waals surface area contributed by atoms with Crippen molar-refractivity contribution in [1.82, 2.24) is 30.2 Å². The standard InChI is InChI=1S/C37H66N7O17P3S/c1-4-5-6-7-8-9-10-11-12-13-14-15-16-17-28(46)65-21-20-39-27(45)18-19-40-35(49)32(48)37(2,3)23-58-64(55,56)61-63(53,54)57-22-26-31(60-62(50,51)52)30(47)36(59-26)44-25-43-29-33(38)41-24-42-34(29)44/h24-26,30-32,36,47-48H,4-23H2,1-3H3,(H,39,45)(H,40,49)(H,53,54)(H,55,56)(H2,38,41,42)(H2,50,51,52)/t26-,30-,31-,32?,36-/m1/s1. The second kappa shape index (κ2) is 27.5. The average molecular weight is 1010 g/mol. The first-order valence-electron chi connectivity index (χ1n) is 21.6. The number of aromatic nitrogens is 4. The van der Waals surface area contributed by atoms with E-state index in [-0.39, 0.29) is 41.6 Å². The third-order valence-electron chi connectivity index (χ3n) is 10.2. The van der Waals surface area contributed by atoms with Crippen LogP contribution in [0.5, 0.6) is 0 Å². The maximum atomic E-state index is 12.7. The summed E-state index contributed by atoms with van der Waals surface area (Å²) >= 11 is 1.15. The predicted octanol–water partition coefficient (Wildman–Crippen LogP) is 4.15. The largest absolute Gasteiger partial charge is 0.481 e. The summed E-state index contributed by atoms with van der Waals surface area (Å²) in [5.41, 5.74) is 4.29. The number of nitrogens with one attached hydrogen (secondary N) is 2. The summed E-state index contributed by atoms with van der Waals surface area (Å²) in [5, 5.41) is 26.6. The molecule has 3 rings (SSSR count). The summed E-state index contributed by atoms with van der Waals surface area (Å²) in [4.78, 5) is 88.3. The van der Waals surface area contributed by atoms with Gasteiger partial charge in [0.25, 0.3) is 0 Å². The molecule has 0 spiro atoms. The van der Waals surface area contributed by atoms with Crippen LogP contribution in [0, 0.1) is 5.41 Å². The van der Waals surface area contributed by atoms with Gasteiger partial charge in [-0.2, -0.15) is 4.31 Å². The number of nitrogens with two attached hydrogens (primary N) is 1. The van der Waals surface area contributed by atoms with E-state index in [2.05, 4.69) is 41.3 Å². The lowest BCUT2D eigenvalue weighted by Gasteiger charge is -2.30. The summed E-state index contributed by atoms with van der Waals surface area (Å²) < 4.78 is 62.4. The number of carbonyl (C=O) groups excluding carboxylic acids is 3. The van der Waals surface area contributed by atoms with Crippen molar-refractivity contribution in [2.45, 2.75) is 148 Å². The fourth-order valence-electron chi connectivity index (χ4n) is 6.65. The molecule has 1 saturated heterocycles. The lowest BCUT2D eigenvalue weighted by Crippen LogP contribution is -2.46. The minimum atomic E-state index is -5.57. The second-order valence-corrected chi connectivity index (χ2v) is 21.7. The van der Waals surface area contributed by atoms with Crippen molar-refractivity contribution in [2.75, 3.05) is 37.8 Å². The van der Waals surface area contributed by atoms with Crippen LogP contribution < -0.4 is 16.4 Å². The second-order valence-electron chi connectivity index (χ2n) is 16.3. The Morgan fingerprint density at radius 2 is 1.48 bits per heavy atom. The smallest absolute Gasteiger partial charge is 0.386 e. The Hall–Kier alpha value is -2.44. The molecule has 0 saturated carbocycles. The molecule has 24 nitrogen and oxygen atoms in total. The van der Waals surface area contributed by atoms with Crippen molar-refractivity contribution in [1.29, 1.82) is 0 Å². The highest BCUT2D eigenvalue weighted by atomic mass is 32.2. The molecule has 65 heavy (non-hydrogen) atoms. The molecular formula is C37H66N7O17P3S. The number of amides is 2. The number of nitrogens with zero attached hydrogens (tertiary/aromatic N) is 4. The Morgan fingerprint density at radius 1 is 0.877 bits per heavy atom. The fourth-order valence-corrected chi connectivity index (χ4v) is 10.2. The van der Waals surface area contributed by atoms with E-state index in [9.17, 15) is 57.9 Å². The maximum Gasteiger partial charge on any atom is 0.481 e. The average Bonchev–Trinajstić information content (AvgIpc) is 3.79. The predicted molar refractivity (Wildman–Crippen MR) is 237 cm³/mol. The SMILES string of the molecule is CCCCCCCCCCCCCCCC(=O)SCCNC(=O)CCNC(=O)C(O)C(C)(C)COP(=O)(O)OP(=O)(O)OC[C@H]1O[C@@H](n2cnc3c(N)ncnc32)[C@H](O)[C@@H]1OP(=O)(O)O. The van der Waals surface area contributed by atoms with Crippen molar-refractivity contribution < 1.29 is 80.5 Å². The van der Waals surface area contributed by atoms with Crippen molar-refractivity contribution in [2.24, 2.45) is 5.41 Å². The zero-order valence-corrected chi connectivity index (χ0v) is 40.5. The molecule has 1 aliphatic rings. The molecule has 28 heteroatoms. The van der Waals surface area contributed by atoms with Crippen molar-refractivity contribution >= 4 is 69.1 Å². The lowest BCUT2D eigenvalue weighted by molar-refractivity contribution is -0.137. The first-order valence-corrected chi connectivity index (χ1v) is 27.1. The number of aliphatic hydroxyl groups excluding tert-OH is 2. The highest BCUT2D eigenvalue weighted by molar-refractivity contribution is 8.13. The maximum absolute atomic E-state index is 12.7. The molecule has 372 valence electrons. The molecule has 2 aromatic rings. The van der Waals surface area contributed by atoms with Crippen molar-refractivity contribution in [3.05, 3.63) is 12.7 Å². The third-order valence-corrected chi connectivity index (χ3v) is 14.3. The Labute approximate surface area is 382 Å². The minimum Gasteiger partial charge on any atom is -0.386 e. The number of ether oxygens (including phenoxy) is 1. The quantitative estimate of drug-likeness (QED) is 0.0358. The van der Waals surface area contributed by atoms with Gasteiger partial charge >= 0.3 is 23.5 Å². The van der Waals surface area contributed by atoms with E-state index < -0.39 is 84.6 Å². The zero-order valence-electron chi connectivity index (χ0n) is 37.0. The van der Waals surface area contributed by atoms with Crippen LogP contribution in [-0.4, -0.2) is 123 Å². The number of phosphoric acid groups is 3. The van der Waals surface area contributed by atoms with E-state index in [1.54, 1.807) is 0 Å². The molecule has 0 radical (unpaired) electrons. The Balaban J connectivity index is 1.32. The van der Waals surface area contributed by atoms with Gasteiger partial charge in [0.05, 0.1) is 19.5 Å². The molecule has 0 aromatic carbocycles. The van der Waals surface area contributed by atoms with Crippen LogP contribution >= 0.6 is 35.2 Å². The molecule has 2 aromatic heterocycles. The van der Waals surface area contributed by atoms with E-state index in [0.29, 0.717) is 12.2 Å². The number of rotatable bonds is 33. The number of imidazole rings is 1. The number of aliphatic hydroxyl groups is 2. The van der Waals surface area contributed by atoms with Gasteiger partial charge in [0, 0.05) is 37.1 Å². The van der Waals surface area contributed by atoms with Crippen LogP contribution in [0.2, 0.25) is 0 Å². The van der Waals surface area contributed by atoms with Crippen LogP contribution in [0.4, 0.5) is 5.82 Å². The highest BCUT2D eigenvalue weighted by Gasteiger charge is 2.50. The fraction of sp³-hybridized carbons (Fsp3) is 0.784. The first-order chi connectivity index (χ1) is 30.6. The first kappa shape index (κ1) is 56.9. The number of hydrogen-bond donors (Lipinski definition) is 9. The van der Waals surface area contributed by atoms with Gasteiger partial charge < -0.3 is 50.9 Å². The van der Waals surface area contributed by atoms with E-state index in [1.807, 2.05) is 0 Å². The number of carbonyl (C=O) groups is 3. The lowest BCUT2D eigenvalue weighted by atomic mass is 9.87. The van der Waals surface area contributed by atoms with Crippen LogP contribution in [0.1, 0.15) is 123 Å². The number of unbranched alkanes of at least 4 members (excludes halogenated alkanes) is 12. The van der Waals surface area contributed by atoms with Gasteiger partial charge in [-0.3, -0.25) is 32.5 Å². The normalized spacial score (nSPS) is 20.3. The molecule has 1 fully saturated rings. The molecule has 10 N–H and O–H groups in total. The van der Waals surface area contributed by atoms with Crippen LogP contribution in [0.25, 0.3) is 11.2 Å². The Bertz CT molecular complexity index is 1960. The van der Waals surface area contributed by atoms with Gasteiger partial charge in [0.15, 0.2) is 22.8 Å². The van der Waals surface area contributed by atoms with Crippen LogP contribution in [0.15, 0.2) is 12.7 Å². The zero-order chi connectivity index (χ0) is 48.3. The number of hydrogen-bond acceptors (Lipinski definition) is 18. The molecule has 0 aliphatic carbocycles. The summed E-state index contributed by atoms with van der Waals surface area (Å²) in [7, 11) is -16.4. The number of anilines is 1. The van der Waals surface area contributed by atoms with Gasteiger partial charge in [-0.15, -0.1) is 0 Å². The molecule has 0 bridgehead atoms. The van der Waals surface area contributed by atoms with Crippen molar-refractivity contribution in [3.63, 3.8) is 0 Å². The number of thioether (sulfide) groups is 1. The van der Waals surface area contributed by atoms with E-state index in [0.717, 1.165) is 48.2 Å². The summed E-state index contributed by atoms with van der Waals surface area (Å²) in [6, 6.07) is 0. The monoisotopic (exact) mass is 1010 g/mol. The van der Waals surface area contributed by atoms with Gasteiger partial charge in [-0.25, -0.2) is 28.6 Å². The summed E-state index contributed by atoms with van der Waals surface area (Å²) in [6.07, 6.45) is 9.53. The molecule has 7 atom stereocenters. The van der Waals surface area contributed by atoms with Gasteiger partial charge in [-0.05, 0) is 6.42 Å². The molecule has 3 unspecified atom stereocenters. The topological polar surface area (TPSA) is 364 Å². The third kappa shape index (κ3) is 20.8. The molecule has 1 aliphatic heterocycles. The number of nitrogen functional groups attached to an aromatic ring is 1. The summed E-state index contributed by atoms with van der Waals surface area (Å²) in [6.45, 7) is 2.81. The van der Waals surface area contributed by atoms with Gasteiger partial charge in [0.2, 0.25) is 11.8 Å². The van der Waals surface area contributed by atoms with E-state index >= 15 is 0 Å². The highest BCUT2D eigenvalue weighted by Crippen LogP contribution is 2.61. The Kier molecular flexibility index (Phi) is 24.1. The minimum absolute atomic E-state index is 0.0338. The molecular weight excluding hydrogens is 939 g/mol. The Morgan fingerprint density at radius 3 is 2.09 bits per heavy atom. The summed E-state index contributed by atoms with van der Waals surface area (Å²) in [5.74, 6) is -1.02. The van der Waals surface area contributed by atoms with Crippen LogP contribution in [0.3, 0.4) is 0 Å². The number of phosphoric ester groups is 3. The molecule has 3 heterocycles. The molecule has 2 amide bonds. The van der Waals surface area contributed by atoms with E-state index in [1.165, 1.54) is 78.1 Å².